The zero-order valence-electron chi connectivity index (χ0n) is 13.9. The van der Waals surface area contributed by atoms with Crippen molar-refractivity contribution in [2.75, 3.05) is 31.1 Å². The van der Waals surface area contributed by atoms with Gasteiger partial charge in [0.1, 0.15) is 24.6 Å². The minimum atomic E-state index is -3.80. The molecule has 0 spiro atoms. The van der Waals surface area contributed by atoms with Gasteiger partial charge in [0.05, 0.1) is 9.92 Å². The highest BCUT2D eigenvalue weighted by molar-refractivity contribution is 7.89. The smallest absolute Gasteiger partial charge is 0.240 e. The molecule has 26 heavy (non-hydrogen) atoms. The number of anilines is 1. The first kappa shape index (κ1) is 18.8. The van der Waals surface area contributed by atoms with E-state index in [9.17, 15) is 12.8 Å². The third kappa shape index (κ3) is 4.60. The summed E-state index contributed by atoms with van der Waals surface area (Å²) in [7, 11) is -3.80. The van der Waals surface area contributed by atoms with Gasteiger partial charge in [-0.3, -0.25) is 0 Å². The summed E-state index contributed by atoms with van der Waals surface area (Å²) in [5.74, 6) is 0.506. The Hall–Kier alpha value is -1.97. The van der Waals surface area contributed by atoms with Crippen molar-refractivity contribution in [2.45, 2.75) is 17.7 Å². The first-order chi connectivity index (χ1) is 12.5. The van der Waals surface area contributed by atoms with Gasteiger partial charge in [0.25, 0.3) is 0 Å². The molecule has 0 amide bonds. The maximum absolute atomic E-state index is 13.1. The number of ether oxygens (including phenoxy) is 1. The van der Waals surface area contributed by atoms with Gasteiger partial charge in [-0.2, -0.15) is 0 Å². The van der Waals surface area contributed by atoms with Crippen molar-refractivity contribution in [1.29, 1.82) is 0 Å². The van der Waals surface area contributed by atoms with Crippen molar-refractivity contribution in [2.24, 2.45) is 0 Å². The van der Waals surface area contributed by atoms with Gasteiger partial charge < -0.3 is 9.64 Å². The van der Waals surface area contributed by atoms with Crippen molar-refractivity contribution in [3.05, 3.63) is 41.4 Å². The Balaban J connectivity index is 1.53. The summed E-state index contributed by atoms with van der Waals surface area (Å²) in [5, 5.41) is -0.250. The van der Waals surface area contributed by atoms with Crippen LogP contribution in [0.3, 0.4) is 0 Å². The molecule has 0 saturated carbocycles. The predicted molar refractivity (Wildman–Crippen MR) is 95.6 cm³/mol. The fourth-order valence-corrected chi connectivity index (χ4v) is 3.87. The lowest BCUT2D eigenvalue weighted by Crippen LogP contribution is -2.28. The molecular formula is C16H18ClFN4O3S. The monoisotopic (exact) mass is 400 g/mol. The molecule has 1 fully saturated rings. The normalized spacial score (nSPS) is 14.6. The lowest BCUT2D eigenvalue weighted by atomic mass is 10.3. The number of hydrogen-bond acceptors (Lipinski definition) is 6. The molecule has 140 valence electrons. The number of hydrogen-bond donors (Lipinski definition) is 1. The minimum Gasteiger partial charge on any atom is -0.476 e. The van der Waals surface area contributed by atoms with Gasteiger partial charge >= 0.3 is 0 Å². The number of sulfonamides is 1. The molecule has 1 N–H and O–H groups in total. The van der Waals surface area contributed by atoms with Crippen LogP contribution in [0, 0.1) is 5.82 Å². The van der Waals surface area contributed by atoms with E-state index in [1.54, 1.807) is 6.07 Å². The third-order valence-corrected chi connectivity index (χ3v) is 5.65. The molecule has 10 heteroatoms. The van der Waals surface area contributed by atoms with Gasteiger partial charge in [0, 0.05) is 25.7 Å². The van der Waals surface area contributed by atoms with Crippen LogP contribution >= 0.6 is 11.6 Å². The number of aromatic nitrogens is 2. The summed E-state index contributed by atoms with van der Waals surface area (Å²) in [6.07, 6.45) is 3.69. The fraction of sp³-hybridized carbons (Fsp3) is 0.375. The summed E-state index contributed by atoms with van der Waals surface area (Å²) in [6.45, 7) is 2.03. The zero-order valence-corrected chi connectivity index (χ0v) is 15.4. The Bertz CT molecular complexity index is 876. The van der Waals surface area contributed by atoms with Crippen LogP contribution in [0.15, 0.2) is 35.5 Å². The average molecular weight is 401 g/mol. The Kier molecular flexibility index (Phi) is 5.90. The first-order valence-electron chi connectivity index (χ1n) is 8.10. The summed E-state index contributed by atoms with van der Waals surface area (Å²) in [5.41, 5.74) is 0. The average Bonchev–Trinajstić information content (AvgIpc) is 3.16. The van der Waals surface area contributed by atoms with Crippen LogP contribution in [0.1, 0.15) is 12.8 Å². The number of benzene rings is 1. The minimum absolute atomic E-state index is 0.0282. The molecule has 0 aliphatic carbocycles. The highest BCUT2D eigenvalue weighted by atomic mass is 35.5. The van der Waals surface area contributed by atoms with E-state index >= 15 is 0 Å². The van der Waals surface area contributed by atoms with E-state index in [0.717, 1.165) is 49.9 Å². The molecule has 1 aliphatic heterocycles. The number of nitrogens with zero attached hydrogens (tertiary/aromatic N) is 3. The highest BCUT2D eigenvalue weighted by Crippen LogP contribution is 2.21. The van der Waals surface area contributed by atoms with Crippen molar-refractivity contribution in [3.8, 4) is 5.88 Å². The molecule has 3 rings (SSSR count). The molecule has 1 saturated heterocycles. The second-order valence-electron chi connectivity index (χ2n) is 5.73. The predicted octanol–water partition coefficient (Wildman–Crippen LogP) is 2.23. The molecule has 2 heterocycles. The largest absolute Gasteiger partial charge is 0.476 e. The van der Waals surface area contributed by atoms with Gasteiger partial charge in [0.2, 0.25) is 15.9 Å². The number of rotatable bonds is 7. The Morgan fingerprint density at radius 1 is 1.23 bits per heavy atom. The summed E-state index contributed by atoms with van der Waals surface area (Å²) < 4.78 is 45.3. The van der Waals surface area contributed by atoms with Crippen LogP contribution in [-0.4, -0.2) is 44.6 Å². The Morgan fingerprint density at radius 3 is 2.73 bits per heavy atom. The quantitative estimate of drug-likeness (QED) is 0.717. The van der Waals surface area contributed by atoms with Gasteiger partial charge in [-0.15, -0.1) is 0 Å². The topological polar surface area (TPSA) is 84.4 Å². The van der Waals surface area contributed by atoms with E-state index in [0.29, 0.717) is 5.88 Å². The number of nitrogens with one attached hydrogen (secondary N) is 1. The lowest BCUT2D eigenvalue weighted by Gasteiger charge is -2.16. The standard InChI is InChI=1S/C16H18ClFN4O3S/c17-13-9-12(3-4-14(13)18)26(23,24)21-5-8-25-16-10-15(19-11-20-16)22-6-1-2-7-22/h3-4,9-11,21H,1-2,5-8H2. The zero-order chi connectivity index (χ0) is 18.6. The molecule has 1 aromatic heterocycles. The van der Waals surface area contributed by atoms with E-state index in [4.69, 9.17) is 16.3 Å². The van der Waals surface area contributed by atoms with Gasteiger partial charge in [-0.25, -0.2) is 27.5 Å². The first-order valence-corrected chi connectivity index (χ1v) is 9.96. The van der Waals surface area contributed by atoms with E-state index in [1.165, 1.54) is 6.33 Å². The molecule has 7 nitrogen and oxygen atoms in total. The van der Waals surface area contributed by atoms with Crippen LogP contribution in [0.5, 0.6) is 5.88 Å². The van der Waals surface area contributed by atoms with Crippen molar-refractivity contribution in [3.63, 3.8) is 0 Å². The molecule has 1 aromatic carbocycles. The number of halogens is 2. The van der Waals surface area contributed by atoms with E-state index in [1.807, 2.05) is 0 Å². The Labute approximate surface area is 156 Å². The van der Waals surface area contributed by atoms with Gasteiger partial charge in [-0.1, -0.05) is 11.6 Å². The van der Waals surface area contributed by atoms with Crippen LogP contribution in [0.2, 0.25) is 5.02 Å². The molecule has 0 atom stereocenters. The summed E-state index contributed by atoms with van der Waals surface area (Å²) in [4.78, 5) is 10.3. The fourth-order valence-electron chi connectivity index (χ4n) is 2.59. The van der Waals surface area contributed by atoms with Gasteiger partial charge in [0.15, 0.2) is 0 Å². The van der Waals surface area contributed by atoms with Crippen molar-refractivity contribution >= 4 is 27.4 Å². The molecule has 1 aliphatic rings. The molecule has 0 unspecified atom stereocenters. The van der Waals surface area contributed by atoms with Crippen LogP contribution in [0.4, 0.5) is 10.2 Å². The third-order valence-electron chi connectivity index (χ3n) is 3.90. The van der Waals surface area contributed by atoms with Crippen LogP contribution < -0.4 is 14.4 Å². The van der Waals surface area contributed by atoms with Gasteiger partial charge in [-0.05, 0) is 31.0 Å². The maximum atomic E-state index is 13.1. The van der Waals surface area contributed by atoms with Crippen molar-refractivity contribution < 1.29 is 17.5 Å². The van der Waals surface area contributed by atoms with E-state index in [2.05, 4.69) is 19.6 Å². The summed E-state index contributed by atoms with van der Waals surface area (Å²) >= 11 is 5.62. The SMILES string of the molecule is O=S(=O)(NCCOc1cc(N2CCCC2)ncn1)c1ccc(F)c(Cl)c1. The Morgan fingerprint density at radius 2 is 2.00 bits per heavy atom. The lowest BCUT2D eigenvalue weighted by molar-refractivity contribution is 0.310. The molecule has 0 bridgehead atoms. The molecule has 0 radical (unpaired) electrons. The highest BCUT2D eigenvalue weighted by Gasteiger charge is 2.16. The maximum Gasteiger partial charge on any atom is 0.240 e. The van der Waals surface area contributed by atoms with Crippen LogP contribution in [0.25, 0.3) is 0 Å². The van der Waals surface area contributed by atoms with Crippen LogP contribution in [-0.2, 0) is 10.0 Å². The molecular weight excluding hydrogens is 383 g/mol. The second-order valence-corrected chi connectivity index (χ2v) is 7.90. The van der Waals surface area contributed by atoms with E-state index in [-0.39, 0.29) is 23.1 Å². The van der Waals surface area contributed by atoms with E-state index < -0.39 is 15.8 Å². The van der Waals surface area contributed by atoms with Crippen molar-refractivity contribution in [1.82, 2.24) is 14.7 Å². The molecule has 2 aromatic rings. The second kappa shape index (κ2) is 8.15. The summed E-state index contributed by atoms with van der Waals surface area (Å²) in [6, 6.07) is 4.96.